The number of fused-ring (bicyclic) bond motifs is 13. The molecule has 0 spiro atoms. The molecule has 2 atom stereocenters. The highest BCUT2D eigenvalue weighted by molar-refractivity contribution is 6.93. The predicted molar refractivity (Wildman–Crippen MR) is 256 cm³/mol. The molecule has 0 bridgehead atoms. The molecule has 1 aliphatic carbocycles. The zero-order chi connectivity index (χ0) is 39.2. The topological polar surface area (TPSA) is 7.65 Å². The molecule has 59 heavy (non-hydrogen) atoms. The smallest absolute Gasteiger partial charge is 0.0887 e. The predicted octanol–water partition coefficient (Wildman–Crippen LogP) is 14.9. The van der Waals surface area contributed by atoms with E-state index >= 15 is 0 Å². The second-order valence-electron chi connectivity index (χ2n) is 16.9. The number of para-hydroxylation sites is 2. The monoisotopic (exact) mass is 770 g/mol. The number of hydrogen-bond acceptors (Lipinski definition) is 1. The second kappa shape index (κ2) is 13.0. The van der Waals surface area contributed by atoms with Gasteiger partial charge in [-0.15, -0.1) is 0 Å². The Morgan fingerprint density at radius 2 is 0.983 bits per heavy atom. The van der Waals surface area contributed by atoms with Crippen molar-refractivity contribution in [3.05, 3.63) is 212 Å². The standard InChI is InChI=1S/C56H42N2Si/c1-59(2)53-28-13-11-23-48(53)55-52(27-15-29-54(55)59)57(39-32-30-38(31-33-39)37-16-4-3-5-17-37)40-34-35-51-49(36-40)47-25-14-24-46-44-21-9-7-19-42(44)41-18-6-8-20-43(41)45-22-10-12-26-50(45)58(51)56(46)47/h3-36,48,53H,1-2H3. The first-order valence-electron chi connectivity index (χ1n) is 20.9. The highest BCUT2D eigenvalue weighted by atomic mass is 28.3. The first-order chi connectivity index (χ1) is 29.1. The van der Waals surface area contributed by atoms with Crippen LogP contribution in [0.2, 0.25) is 18.6 Å². The summed E-state index contributed by atoms with van der Waals surface area (Å²) in [5, 5.41) is 11.5. The molecule has 0 saturated carbocycles. The molecule has 8 aromatic carbocycles. The fraction of sp³-hybridized carbons (Fsp3) is 0.0714. The van der Waals surface area contributed by atoms with E-state index in [4.69, 9.17) is 0 Å². The van der Waals surface area contributed by atoms with E-state index in [1.807, 2.05) is 0 Å². The number of anilines is 3. The maximum atomic E-state index is 2.56. The average molecular weight is 771 g/mol. The summed E-state index contributed by atoms with van der Waals surface area (Å²) >= 11 is 0. The van der Waals surface area contributed by atoms with Crippen molar-refractivity contribution in [3.63, 3.8) is 0 Å². The lowest BCUT2D eigenvalue weighted by Crippen LogP contribution is -2.41. The fourth-order valence-corrected chi connectivity index (χ4v) is 14.4. The Morgan fingerprint density at radius 1 is 0.441 bits per heavy atom. The van der Waals surface area contributed by atoms with Crippen LogP contribution in [0.4, 0.5) is 17.1 Å². The average Bonchev–Trinajstić information content (AvgIpc) is 3.76. The molecule has 2 aliphatic rings. The van der Waals surface area contributed by atoms with Crippen LogP contribution < -0.4 is 10.1 Å². The summed E-state index contributed by atoms with van der Waals surface area (Å²) < 4.78 is 2.54. The van der Waals surface area contributed by atoms with Gasteiger partial charge in [0.15, 0.2) is 0 Å². The van der Waals surface area contributed by atoms with Gasteiger partial charge in [0, 0.05) is 44.5 Å². The third kappa shape index (κ3) is 5.05. The molecule has 0 radical (unpaired) electrons. The van der Waals surface area contributed by atoms with Crippen LogP contribution >= 0.6 is 0 Å². The lowest BCUT2D eigenvalue weighted by Gasteiger charge is -2.30. The van der Waals surface area contributed by atoms with Gasteiger partial charge in [0.2, 0.25) is 0 Å². The molecular formula is C56H42N2Si. The van der Waals surface area contributed by atoms with Crippen molar-refractivity contribution in [2.24, 2.45) is 0 Å². The summed E-state index contributed by atoms with van der Waals surface area (Å²) in [4.78, 5) is 2.54. The fourth-order valence-electron chi connectivity index (χ4n) is 10.7. The third-order valence-electron chi connectivity index (χ3n) is 13.5. The lowest BCUT2D eigenvalue weighted by molar-refractivity contribution is 0.855. The summed E-state index contributed by atoms with van der Waals surface area (Å²) in [7, 11) is -1.81. The highest BCUT2D eigenvalue weighted by Crippen LogP contribution is 2.52. The molecule has 2 nitrogen and oxygen atoms in total. The lowest BCUT2D eigenvalue weighted by atomic mass is 9.90. The summed E-state index contributed by atoms with van der Waals surface area (Å²) in [5.74, 6) is 0.358. The van der Waals surface area contributed by atoms with E-state index in [1.165, 1.54) is 82.0 Å². The van der Waals surface area contributed by atoms with Gasteiger partial charge in [-0.05, 0) is 86.2 Å². The van der Waals surface area contributed by atoms with Crippen LogP contribution in [-0.2, 0) is 0 Å². The molecule has 0 amide bonds. The van der Waals surface area contributed by atoms with Gasteiger partial charge in [0.1, 0.15) is 0 Å². The molecule has 12 rings (SSSR count). The zero-order valence-corrected chi connectivity index (χ0v) is 34.2. The minimum atomic E-state index is -1.81. The third-order valence-corrected chi connectivity index (χ3v) is 17.5. The van der Waals surface area contributed by atoms with Gasteiger partial charge in [-0.25, -0.2) is 0 Å². The Labute approximate surface area is 345 Å². The molecule has 0 saturated heterocycles. The second-order valence-corrected chi connectivity index (χ2v) is 21.5. The Balaban J connectivity index is 1.18. The van der Waals surface area contributed by atoms with Gasteiger partial charge in [0.05, 0.1) is 24.6 Å². The Morgan fingerprint density at radius 3 is 1.73 bits per heavy atom. The normalized spacial score (nSPS) is 16.6. The minimum absolute atomic E-state index is 0.358. The first kappa shape index (κ1) is 34.1. The SMILES string of the molecule is C[Si]1(C)c2cccc(N(c3ccc(-c4ccccc4)cc3)c3ccc4c(c3)c3cccc5c6ccccc6c6ccccc6c6ccccc6n4c53)c2C2C=CC=CC21. The molecule has 3 heterocycles. The Hall–Kier alpha value is -6.94. The molecule has 280 valence electrons. The quantitative estimate of drug-likeness (QED) is 0.162. The summed E-state index contributed by atoms with van der Waals surface area (Å²) in [6, 6.07) is 67.9. The molecule has 0 N–H and O–H groups in total. The van der Waals surface area contributed by atoms with E-state index in [-0.39, 0.29) is 0 Å². The summed E-state index contributed by atoms with van der Waals surface area (Å²) in [6.07, 6.45) is 9.48. The van der Waals surface area contributed by atoms with Gasteiger partial charge in [-0.3, -0.25) is 0 Å². The molecule has 10 aromatic rings. The molecular weight excluding hydrogens is 729 g/mol. The van der Waals surface area contributed by atoms with E-state index in [1.54, 1.807) is 5.19 Å². The Bertz CT molecular complexity index is 3430. The number of hydrogen-bond donors (Lipinski definition) is 0. The van der Waals surface area contributed by atoms with Gasteiger partial charge in [-0.1, -0.05) is 182 Å². The van der Waals surface area contributed by atoms with Crippen molar-refractivity contribution >= 4 is 90.0 Å². The summed E-state index contributed by atoms with van der Waals surface area (Å²) in [6.45, 7) is 5.12. The van der Waals surface area contributed by atoms with E-state index in [9.17, 15) is 0 Å². The van der Waals surface area contributed by atoms with E-state index in [2.05, 4.69) is 229 Å². The van der Waals surface area contributed by atoms with Crippen LogP contribution in [0.25, 0.3) is 70.8 Å². The van der Waals surface area contributed by atoms with Crippen molar-refractivity contribution < 1.29 is 0 Å². The molecule has 2 aromatic heterocycles. The van der Waals surface area contributed by atoms with Crippen LogP contribution in [0.15, 0.2) is 206 Å². The number of aromatic nitrogens is 1. The first-order valence-corrected chi connectivity index (χ1v) is 23.9. The molecule has 1 aliphatic heterocycles. The van der Waals surface area contributed by atoms with Crippen LogP contribution in [0.1, 0.15) is 11.5 Å². The van der Waals surface area contributed by atoms with Crippen LogP contribution in [-0.4, -0.2) is 12.5 Å². The van der Waals surface area contributed by atoms with Crippen molar-refractivity contribution in [1.82, 2.24) is 4.40 Å². The van der Waals surface area contributed by atoms with E-state index in [0.29, 0.717) is 11.5 Å². The zero-order valence-electron chi connectivity index (χ0n) is 33.2. The maximum Gasteiger partial charge on any atom is 0.0887 e. The van der Waals surface area contributed by atoms with Crippen molar-refractivity contribution in [2.45, 2.75) is 24.6 Å². The van der Waals surface area contributed by atoms with Crippen molar-refractivity contribution in [1.29, 1.82) is 0 Å². The number of benzene rings is 8. The van der Waals surface area contributed by atoms with E-state index < -0.39 is 8.07 Å². The van der Waals surface area contributed by atoms with Crippen LogP contribution in [0.3, 0.4) is 0 Å². The highest BCUT2D eigenvalue weighted by Gasteiger charge is 2.47. The van der Waals surface area contributed by atoms with Gasteiger partial charge in [0.25, 0.3) is 0 Å². The van der Waals surface area contributed by atoms with Crippen LogP contribution in [0, 0.1) is 0 Å². The van der Waals surface area contributed by atoms with Gasteiger partial charge >= 0.3 is 0 Å². The Kier molecular flexibility index (Phi) is 7.54. The van der Waals surface area contributed by atoms with E-state index in [0.717, 1.165) is 11.4 Å². The number of allylic oxidation sites excluding steroid dienone is 4. The molecule has 2 unspecified atom stereocenters. The van der Waals surface area contributed by atoms with Crippen molar-refractivity contribution in [2.75, 3.05) is 4.90 Å². The number of nitrogens with zero attached hydrogens (tertiary/aromatic N) is 2. The largest absolute Gasteiger partial charge is 0.310 e. The van der Waals surface area contributed by atoms with Gasteiger partial charge in [-0.2, -0.15) is 0 Å². The molecule has 3 heteroatoms. The van der Waals surface area contributed by atoms with Gasteiger partial charge < -0.3 is 9.30 Å². The number of rotatable bonds is 4. The summed E-state index contributed by atoms with van der Waals surface area (Å²) in [5.41, 5.74) is 11.7. The van der Waals surface area contributed by atoms with Crippen molar-refractivity contribution in [3.8, 4) is 11.1 Å². The minimum Gasteiger partial charge on any atom is -0.310 e. The maximum absolute atomic E-state index is 2.56. The molecule has 0 fully saturated rings. The van der Waals surface area contributed by atoms with Crippen LogP contribution in [0.5, 0.6) is 0 Å².